The van der Waals surface area contributed by atoms with Crippen LogP contribution in [0.2, 0.25) is 0 Å². The van der Waals surface area contributed by atoms with E-state index in [9.17, 15) is 9.59 Å². The summed E-state index contributed by atoms with van der Waals surface area (Å²) in [7, 11) is 0. The van der Waals surface area contributed by atoms with Crippen molar-refractivity contribution in [2.75, 3.05) is 13.1 Å². The number of H-pyrrole nitrogens is 1. The van der Waals surface area contributed by atoms with Gasteiger partial charge in [-0.1, -0.05) is 66.2 Å². The molecule has 0 atom stereocenters. The van der Waals surface area contributed by atoms with Gasteiger partial charge in [-0.15, -0.1) is 0 Å². The van der Waals surface area contributed by atoms with Crippen LogP contribution in [-0.4, -0.2) is 45.7 Å². The fourth-order valence-corrected chi connectivity index (χ4v) is 4.50. The summed E-state index contributed by atoms with van der Waals surface area (Å²) < 4.78 is 0. The Kier molecular flexibility index (Phi) is 7.89. The van der Waals surface area contributed by atoms with Gasteiger partial charge in [0.25, 0.3) is 5.91 Å². The summed E-state index contributed by atoms with van der Waals surface area (Å²) in [6.07, 6.45) is 2.76. The Hall–Kier alpha value is -3.86. The van der Waals surface area contributed by atoms with Crippen molar-refractivity contribution >= 4 is 22.7 Å². The van der Waals surface area contributed by atoms with E-state index >= 15 is 0 Å². The number of carbonyl (C=O) groups excluding carboxylic acids is 2. The lowest BCUT2D eigenvalue weighted by atomic mass is 10.1. The van der Waals surface area contributed by atoms with E-state index in [0.29, 0.717) is 18.7 Å². The summed E-state index contributed by atoms with van der Waals surface area (Å²) in [5.74, 6) is -0.158. The zero-order chi connectivity index (χ0) is 25.7. The Labute approximate surface area is 213 Å². The minimum Gasteiger partial charge on any atom is -0.361 e. The lowest BCUT2D eigenvalue weighted by molar-refractivity contribution is -0.132. The molecular weight excluding hydrogens is 446 g/mol. The number of para-hydroxylation sites is 1. The van der Waals surface area contributed by atoms with Crippen molar-refractivity contribution in [3.63, 3.8) is 0 Å². The molecule has 0 spiro atoms. The number of nitrogens with one attached hydrogen (secondary N) is 1. The lowest BCUT2D eigenvalue weighted by Gasteiger charge is -2.30. The Morgan fingerprint density at radius 1 is 0.889 bits per heavy atom. The summed E-state index contributed by atoms with van der Waals surface area (Å²) in [4.78, 5) is 34.0. The van der Waals surface area contributed by atoms with Gasteiger partial charge < -0.3 is 14.8 Å². The van der Waals surface area contributed by atoms with E-state index in [2.05, 4.69) is 48.3 Å². The predicted octanol–water partition coefficient (Wildman–Crippen LogP) is 5.91. The van der Waals surface area contributed by atoms with Gasteiger partial charge in [0.15, 0.2) is 0 Å². The normalized spacial score (nSPS) is 11.1. The maximum absolute atomic E-state index is 13.7. The number of rotatable bonds is 9. The van der Waals surface area contributed by atoms with E-state index in [1.807, 2.05) is 68.3 Å². The molecule has 4 aromatic rings. The number of benzene rings is 3. The quantitative estimate of drug-likeness (QED) is 0.323. The smallest absolute Gasteiger partial charge is 0.254 e. The van der Waals surface area contributed by atoms with Crippen LogP contribution in [0.15, 0.2) is 79.0 Å². The molecule has 1 N–H and O–H groups in total. The molecule has 0 radical (unpaired) electrons. The second-order valence-corrected chi connectivity index (χ2v) is 9.75. The number of aryl methyl sites for hydroxylation is 2. The molecule has 4 rings (SSSR count). The largest absolute Gasteiger partial charge is 0.361 e. The summed E-state index contributed by atoms with van der Waals surface area (Å²) in [6.45, 7) is 9.02. The standard InChI is InChI=1S/C31H35N3O2/c1-22(2)34(31(36)27-10-6-5-9-24(27)4)21-30(35)33(20-25-15-13-23(3)14-16-25)18-17-26-19-32-29-12-8-7-11-28(26)29/h5-16,19,22,32H,17-18,20-21H2,1-4H3. The highest BCUT2D eigenvalue weighted by molar-refractivity contribution is 5.98. The first-order chi connectivity index (χ1) is 17.3. The van der Waals surface area contributed by atoms with Crippen LogP contribution in [-0.2, 0) is 17.8 Å². The summed E-state index contributed by atoms with van der Waals surface area (Å²) in [5.41, 5.74) is 6.10. The van der Waals surface area contributed by atoms with Gasteiger partial charge in [-0.25, -0.2) is 0 Å². The lowest BCUT2D eigenvalue weighted by Crippen LogP contribution is -2.46. The van der Waals surface area contributed by atoms with E-state index < -0.39 is 0 Å². The second-order valence-electron chi connectivity index (χ2n) is 9.75. The molecular formula is C31H35N3O2. The van der Waals surface area contributed by atoms with Crippen molar-refractivity contribution in [1.29, 1.82) is 0 Å². The summed E-state index contributed by atoms with van der Waals surface area (Å²) in [5, 5.41) is 1.18. The molecule has 0 aliphatic carbocycles. The second kappa shape index (κ2) is 11.3. The molecule has 2 amide bonds. The molecule has 1 aromatic heterocycles. The zero-order valence-corrected chi connectivity index (χ0v) is 21.6. The van der Waals surface area contributed by atoms with E-state index in [4.69, 9.17) is 0 Å². The Morgan fingerprint density at radius 2 is 1.58 bits per heavy atom. The number of aromatic nitrogens is 1. The fraction of sp³-hybridized carbons (Fsp3) is 0.290. The van der Waals surface area contributed by atoms with Crippen molar-refractivity contribution in [3.8, 4) is 0 Å². The minimum atomic E-state index is -0.108. The van der Waals surface area contributed by atoms with Crippen molar-refractivity contribution in [1.82, 2.24) is 14.8 Å². The average Bonchev–Trinajstić information content (AvgIpc) is 3.29. The van der Waals surface area contributed by atoms with Crippen molar-refractivity contribution in [2.45, 2.75) is 46.7 Å². The third kappa shape index (κ3) is 5.85. The number of amides is 2. The molecule has 0 aliphatic rings. The first-order valence-electron chi connectivity index (χ1n) is 12.6. The minimum absolute atomic E-state index is 0.0462. The van der Waals surface area contributed by atoms with E-state index in [1.165, 1.54) is 16.5 Å². The van der Waals surface area contributed by atoms with Gasteiger partial charge >= 0.3 is 0 Å². The van der Waals surface area contributed by atoms with Crippen molar-refractivity contribution < 1.29 is 9.59 Å². The maximum atomic E-state index is 13.7. The van der Waals surface area contributed by atoms with Crippen LogP contribution in [0.4, 0.5) is 0 Å². The molecule has 0 bridgehead atoms. The summed E-state index contributed by atoms with van der Waals surface area (Å²) in [6, 6.07) is 23.9. The highest BCUT2D eigenvalue weighted by atomic mass is 16.2. The molecule has 0 saturated heterocycles. The van der Waals surface area contributed by atoms with Gasteiger partial charge in [-0.3, -0.25) is 9.59 Å². The molecule has 0 saturated carbocycles. The van der Waals surface area contributed by atoms with E-state index in [0.717, 1.165) is 23.1 Å². The van der Waals surface area contributed by atoms with Gasteiger partial charge in [0.1, 0.15) is 6.54 Å². The Morgan fingerprint density at radius 3 is 2.31 bits per heavy atom. The highest BCUT2D eigenvalue weighted by Crippen LogP contribution is 2.20. The Balaban J connectivity index is 1.55. The third-order valence-electron chi connectivity index (χ3n) is 6.74. The van der Waals surface area contributed by atoms with Gasteiger partial charge in [-0.2, -0.15) is 0 Å². The highest BCUT2D eigenvalue weighted by Gasteiger charge is 2.25. The first kappa shape index (κ1) is 25.2. The molecule has 5 nitrogen and oxygen atoms in total. The predicted molar refractivity (Wildman–Crippen MR) is 146 cm³/mol. The van der Waals surface area contributed by atoms with E-state index in [-0.39, 0.29) is 24.4 Å². The Bertz CT molecular complexity index is 1340. The SMILES string of the molecule is Cc1ccc(CN(CCc2c[nH]c3ccccc23)C(=O)CN(C(=O)c2ccccc2C)C(C)C)cc1. The monoisotopic (exact) mass is 481 g/mol. The first-order valence-corrected chi connectivity index (χ1v) is 12.6. The number of hydrogen-bond acceptors (Lipinski definition) is 2. The number of fused-ring (bicyclic) bond motifs is 1. The summed E-state index contributed by atoms with van der Waals surface area (Å²) >= 11 is 0. The molecule has 3 aromatic carbocycles. The van der Waals surface area contributed by atoms with Crippen LogP contribution in [0.3, 0.4) is 0 Å². The van der Waals surface area contributed by atoms with Gasteiger partial charge in [0.2, 0.25) is 5.91 Å². The molecule has 186 valence electrons. The molecule has 0 aliphatic heterocycles. The fourth-order valence-electron chi connectivity index (χ4n) is 4.50. The van der Waals surface area contributed by atoms with Crippen molar-refractivity contribution in [3.05, 3.63) is 107 Å². The average molecular weight is 482 g/mol. The molecule has 0 fully saturated rings. The van der Waals surface area contributed by atoms with Crippen LogP contribution >= 0.6 is 0 Å². The number of aromatic amines is 1. The van der Waals surface area contributed by atoms with Crippen LogP contribution in [0.25, 0.3) is 10.9 Å². The molecule has 5 heteroatoms. The number of hydrogen-bond donors (Lipinski definition) is 1. The van der Waals surface area contributed by atoms with Crippen LogP contribution in [0, 0.1) is 13.8 Å². The number of carbonyl (C=O) groups is 2. The van der Waals surface area contributed by atoms with Gasteiger partial charge in [0, 0.05) is 41.8 Å². The maximum Gasteiger partial charge on any atom is 0.254 e. The molecule has 0 unspecified atom stereocenters. The van der Waals surface area contributed by atoms with E-state index in [1.54, 1.807) is 4.90 Å². The van der Waals surface area contributed by atoms with Crippen LogP contribution in [0.5, 0.6) is 0 Å². The van der Waals surface area contributed by atoms with Crippen molar-refractivity contribution in [2.24, 2.45) is 0 Å². The zero-order valence-electron chi connectivity index (χ0n) is 21.6. The molecule has 1 heterocycles. The third-order valence-corrected chi connectivity index (χ3v) is 6.74. The van der Waals surface area contributed by atoms with Gasteiger partial charge in [0.05, 0.1) is 0 Å². The topological polar surface area (TPSA) is 56.4 Å². The molecule has 36 heavy (non-hydrogen) atoms. The van der Waals surface area contributed by atoms with Gasteiger partial charge in [-0.05, 0) is 62.9 Å². The number of nitrogens with zero attached hydrogens (tertiary/aromatic N) is 2. The van der Waals surface area contributed by atoms with Crippen LogP contribution in [0.1, 0.15) is 46.5 Å². The van der Waals surface area contributed by atoms with Crippen LogP contribution < -0.4 is 0 Å².